The number of hydrogen-bond acceptors (Lipinski definition) is 6. The highest BCUT2D eigenvalue weighted by Crippen LogP contribution is 2.28. The molecule has 32 heavy (non-hydrogen) atoms. The van der Waals surface area contributed by atoms with Crippen LogP contribution in [0.2, 0.25) is 5.02 Å². The third-order valence-electron chi connectivity index (χ3n) is 4.67. The molecule has 3 aromatic heterocycles. The zero-order chi connectivity index (χ0) is 22.5. The van der Waals surface area contributed by atoms with Gasteiger partial charge in [0.05, 0.1) is 30.2 Å². The van der Waals surface area contributed by atoms with E-state index in [9.17, 15) is 4.79 Å². The van der Waals surface area contributed by atoms with Gasteiger partial charge in [-0.2, -0.15) is 5.10 Å². The maximum absolute atomic E-state index is 12.6. The van der Waals surface area contributed by atoms with Gasteiger partial charge in [0.2, 0.25) is 0 Å². The van der Waals surface area contributed by atoms with E-state index in [0.29, 0.717) is 39.4 Å². The number of nitrogens with zero attached hydrogens (tertiary/aromatic N) is 3. The van der Waals surface area contributed by atoms with Gasteiger partial charge in [0.15, 0.2) is 5.69 Å². The minimum atomic E-state index is -0.308. The monoisotopic (exact) mass is 452 g/mol. The Kier molecular flexibility index (Phi) is 6.42. The Bertz CT molecular complexity index is 1220. The molecule has 0 atom stereocenters. The summed E-state index contributed by atoms with van der Waals surface area (Å²) >= 11 is 6.19. The van der Waals surface area contributed by atoms with Crippen LogP contribution in [0.5, 0.6) is 5.75 Å². The number of aromatic nitrogens is 2. The maximum atomic E-state index is 12.6. The van der Waals surface area contributed by atoms with Crippen LogP contribution >= 0.6 is 11.6 Å². The first-order valence-corrected chi connectivity index (χ1v) is 10.2. The van der Waals surface area contributed by atoms with Gasteiger partial charge in [0.25, 0.3) is 5.91 Å². The summed E-state index contributed by atoms with van der Waals surface area (Å²) in [7, 11) is 1.68. The molecule has 3 heterocycles. The molecule has 164 valence electrons. The number of carbonyl (C=O) groups excluding carboxylic acids is 1. The van der Waals surface area contributed by atoms with Crippen molar-refractivity contribution in [2.24, 2.45) is 12.0 Å². The number of aryl methyl sites for hydroxylation is 2. The Balaban J connectivity index is 1.41. The third-order valence-corrected chi connectivity index (χ3v) is 4.97. The van der Waals surface area contributed by atoms with Crippen LogP contribution in [0.3, 0.4) is 0 Å². The number of para-hydroxylation sites is 1. The molecule has 1 N–H and O–H groups in total. The molecule has 0 unspecified atom stereocenters. The smallest absolute Gasteiger partial charge is 0.272 e. The Morgan fingerprint density at radius 2 is 2.12 bits per heavy atom. The second-order valence-corrected chi connectivity index (χ2v) is 7.41. The van der Waals surface area contributed by atoms with E-state index in [2.05, 4.69) is 15.4 Å². The average molecular weight is 453 g/mol. The van der Waals surface area contributed by atoms with Gasteiger partial charge < -0.3 is 18.9 Å². The van der Waals surface area contributed by atoms with Crippen molar-refractivity contribution in [3.8, 4) is 5.75 Å². The number of hydrogen-bond donors (Lipinski definition) is 1. The molecule has 1 amide bonds. The van der Waals surface area contributed by atoms with E-state index in [1.807, 2.05) is 19.1 Å². The van der Waals surface area contributed by atoms with E-state index in [1.165, 1.54) is 17.1 Å². The molecule has 0 bridgehead atoms. The molecule has 0 saturated heterocycles. The molecule has 0 radical (unpaired) electrons. The van der Waals surface area contributed by atoms with Gasteiger partial charge in [-0.05, 0) is 42.8 Å². The third kappa shape index (κ3) is 4.92. The standard InChI is InChI=1S/C23H21ClN4O4/c1-15-5-3-7-19(24)22(15)31-14-18-9-8-17(32-18)12-25-20-13-27-28(2)21(20)23(29)26-11-16-6-4-10-30-16/h3-10,12-13H,11,14H2,1-2H3,(H,26,29). The first-order chi connectivity index (χ1) is 15.5. The van der Waals surface area contributed by atoms with Crippen LogP contribution in [-0.4, -0.2) is 21.9 Å². The van der Waals surface area contributed by atoms with E-state index >= 15 is 0 Å². The number of aliphatic imine (C=N–C) groups is 1. The topological polar surface area (TPSA) is 94.8 Å². The van der Waals surface area contributed by atoms with E-state index < -0.39 is 0 Å². The summed E-state index contributed by atoms with van der Waals surface area (Å²) in [5, 5.41) is 7.48. The van der Waals surface area contributed by atoms with Crippen LogP contribution in [0.25, 0.3) is 0 Å². The fourth-order valence-electron chi connectivity index (χ4n) is 3.07. The van der Waals surface area contributed by atoms with Crippen molar-refractivity contribution < 1.29 is 18.4 Å². The van der Waals surface area contributed by atoms with Crippen molar-refractivity contribution in [2.75, 3.05) is 0 Å². The highest BCUT2D eigenvalue weighted by atomic mass is 35.5. The van der Waals surface area contributed by atoms with E-state index in [0.717, 1.165) is 5.56 Å². The van der Waals surface area contributed by atoms with Crippen LogP contribution < -0.4 is 10.1 Å². The number of halogens is 1. The van der Waals surface area contributed by atoms with Gasteiger partial charge in [-0.3, -0.25) is 9.48 Å². The van der Waals surface area contributed by atoms with E-state index in [4.69, 9.17) is 25.2 Å². The van der Waals surface area contributed by atoms with E-state index in [-0.39, 0.29) is 19.1 Å². The van der Waals surface area contributed by atoms with Gasteiger partial charge >= 0.3 is 0 Å². The maximum Gasteiger partial charge on any atom is 0.272 e. The van der Waals surface area contributed by atoms with Gasteiger partial charge in [-0.15, -0.1) is 0 Å². The first-order valence-electron chi connectivity index (χ1n) is 9.84. The zero-order valence-electron chi connectivity index (χ0n) is 17.5. The summed E-state index contributed by atoms with van der Waals surface area (Å²) in [6.07, 6.45) is 4.61. The zero-order valence-corrected chi connectivity index (χ0v) is 18.3. The summed E-state index contributed by atoms with van der Waals surface area (Å²) < 4.78 is 18.3. The molecular formula is C23H21ClN4O4. The van der Waals surface area contributed by atoms with Crippen molar-refractivity contribution in [3.63, 3.8) is 0 Å². The van der Waals surface area contributed by atoms with Gasteiger partial charge in [0.1, 0.15) is 35.3 Å². The number of rotatable bonds is 8. The number of furan rings is 2. The second kappa shape index (κ2) is 9.57. The lowest BCUT2D eigenvalue weighted by Gasteiger charge is -2.09. The molecule has 0 aliphatic carbocycles. The van der Waals surface area contributed by atoms with Crippen LogP contribution in [0.4, 0.5) is 5.69 Å². The highest BCUT2D eigenvalue weighted by molar-refractivity contribution is 6.32. The quantitative estimate of drug-likeness (QED) is 0.386. The molecule has 0 fully saturated rings. The Morgan fingerprint density at radius 1 is 1.25 bits per heavy atom. The lowest BCUT2D eigenvalue weighted by atomic mass is 10.2. The minimum absolute atomic E-state index is 0.228. The molecule has 0 spiro atoms. The Hall–Kier alpha value is -3.78. The van der Waals surface area contributed by atoms with Crippen molar-refractivity contribution in [3.05, 3.63) is 88.5 Å². The molecule has 0 saturated carbocycles. The lowest BCUT2D eigenvalue weighted by molar-refractivity contribution is 0.0939. The number of carbonyl (C=O) groups is 1. The predicted octanol–water partition coefficient (Wildman–Crippen LogP) is 4.83. The largest absolute Gasteiger partial charge is 0.484 e. The lowest BCUT2D eigenvalue weighted by Crippen LogP contribution is -2.25. The molecule has 4 rings (SSSR count). The predicted molar refractivity (Wildman–Crippen MR) is 120 cm³/mol. The number of ether oxygens (including phenoxy) is 1. The molecule has 1 aromatic carbocycles. The molecule has 9 heteroatoms. The molecule has 0 aliphatic rings. The summed E-state index contributed by atoms with van der Waals surface area (Å²) in [4.78, 5) is 17.0. The van der Waals surface area contributed by atoms with Crippen molar-refractivity contribution >= 4 is 29.4 Å². The summed E-state index contributed by atoms with van der Waals surface area (Å²) in [5.41, 5.74) is 1.70. The number of benzene rings is 1. The summed E-state index contributed by atoms with van der Waals surface area (Å²) in [6.45, 7) is 2.43. The summed E-state index contributed by atoms with van der Waals surface area (Å²) in [6, 6.07) is 12.7. The Labute approximate surface area is 189 Å². The molecule has 0 aliphatic heterocycles. The molecular weight excluding hydrogens is 432 g/mol. The van der Waals surface area contributed by atoms with Crippen LogP contribution in [0, 0.1) is 6.92 Å². The van der Waals surface area contributed by atoms with Crippen molar-refractivity contribution in [1.82, 2.24) is 15.1 Å². The molecule has 8 nitrogen and oxygen atoms in total. The Morgan fingerprint density at radius 3 is 2.91 bits per heavy atom. The normalized spacial score (nSPS) is 11.2. The molecule has 4 aromatic rings. The first kappa shape index (κ1) is 21.5. The van der Waals surface area contributed by atoms with Crippen molar-refractivity contribution in [1.29, 1.82) is 0 Å². The van der Waals surface area contributed by atoms with Gasteiger partial charge in [-0.1, -0.05) is 23.7 Å². The van der Waals surface area contributed by atoms with Gasteiger partial charge in [0, 0.05) is 7.05 Å². The minimum Gasteiger partial charge on any atom is -0.484 e. The van der Waals surface area contributed by atoms with Gasteiger partial charge in [-0.25, -0.2) is 4.99 Å². The van der Waals surface area contributed by atoms with Crippen LogP contribution in [-0.2, 0) is 20.2 Å². The number of amides is 1. The SMILES string of the molecule is Cc1cccc(Cl)c1OCc1ccc(C=Nc2cnn(C)c2C(=O)NCc2ccco2)o1. The fourth-order valence-corrected chi connectivity index (χ4v) is 3.34. The summed E-state index contributed by atoms with van der Waals surface area (Å²) in [5.74, 6) is 2.11. The fraction of sp³-hybridized carbons (Fsp3) is 0.174. The van der Waals surface area contributed by atoms with Crippen molar-refractivity contribution in [2.45, 2.75) is 20.1 Å². The highest BCUT2D eigenvalue weighted by Gasteiger charge is 2.17. The van der Waals surface area contributed by atoms with Crippen LogP contribution in [0.1, 0.15) is 33.3 Å². The van der Waals surface area contributed by atoms with E-state index in [1.54, 1.807) is 43.6 Å². The average Bonchev–Trinajstić information content (AvgIpc) is 3.52. The number of nitrogens with one attached hydrogen (secondary N) is 1. The van der Waals surface area contributed by atoms with Crippen LogP contribution in [0.15, 0.2) is 68.8 Å². The second-order valence-electron chi connectivity index (χ2n) is 7.00.